The topological polar surface area (TPSA) is 167 Å². The molecule has 4 aromatic rings. The van der Waals surface area contributed by atoms with Crippen molar-refractivity contribution in [2.45, 2.75) is 64.4 Å². The summed E-state index contributed by atoms with van der Waals surface area (Å²) in [6.07, 6.45) is 3.19. The maximum atomic E-state index is 13.0. The molecule has 252 valence electrons. The molecule has 1 saturated carbocycles. The normalized spacial score (nSPS) is 16.1. The van der Waals surface area contributed by atoms with Gasteiger partial charge in [-0.25, -0.2) is 13.1 Å². The third-order valence-electron chi connectivity index (χ3n) is 8.56. The monoisotopic (exact) mass is 670 g/mol. The lowest BCUT2D eigenvalue weighted by Gasteiger charge is -2.28. The van der Waals surface area contributed by atoms with Crippen molar-refractivity contribution in [1.82, 2.24) is 19.7 Å². The molecule has 5 rings (SSSR count). The molecule has 48 heavy (non-hydrogen) atoms. The average molecular weight is 671 g/mol. The molecule has 1 fully saturated rings. The third kappa shape index (κ3) is 9.50. The van der Waals surface area contributed by atoms with Gasteiger partial charge in [-0.2, -0.15) is 15.0 Å². The minimum atomic E-state index is -3.93. The summed E-state index contributed by atoms with van der Waals surface area (Å²) in [4.78, 5) is 38.0. The number of sulfonamides is 1. The molecule has 0 bridgehead atoms. The molecular weight excluding hydrogens is 629 g/mol. The van der Waals surface area contributed by atoms with Gasteiger partial charge in [0.05, 0.1) is 4.90 Å². The van der Waals surface area contributed by atoms with Gasteiger partial charge >= 0.3 is 0 Å². The number of amides is 2. The van der Waals surface area contributed by atoms with E-state index in [0.29, 0.717) is 49.1 Å². The molecule has 13 heteroatoms. The Labute approximate surface area is 281 Å². The quantitative estimate of drug-likeness (QED) is 0.124. The molecule has 1 aliphatic carbocycles. The van der Waals surface area contributed by atoms with E-state index in [1.165, 1.54) is 41.0 Å². The molecule has 5 N–H and O–H groups in total. The number of hydrogen-bond donors (Lipinski definition) is 5. The van der Waals surface area contributed by atoms with E-state index >= 15 is 0 Å². The Morgan fingerprint density at radius 2 is 1.38 bits per heavy atom. The lowest BCUT2D eigenvalue weighted by molar-refractivity contribution is -0.121. The standard InChI is InChI=1S/C35H42N8O4S/c1-23-8-7-11-29(24(23)2)22-38-35-41-33(36-20-26-9-5-4-6-10-26)40-34(42-35)37-21-27-12-14-28(15-13-27)32(45)39-30-16-18-31(19-17-30)48(46,47)43-25(3)44/h4-11,16-19,27-28H,12-15,20-22H2,1-3H3,(H,39,45)(H,43,44)(H3,36,37,38,40,41,42)/t27-,28-. The molecule has 1 heterocycles. The van der Waals surface area contributed by atoms with Gasteiger partial charge in [0, 0.05) is 38.2 Å². The van der Waals surface area contributed by atoms with Crippen LogP contribution in [0.2, 0.25) is 0 Å². The average Bonchev–Trinajstić information content (AvgIpc) is 3.07. The number of aromatic nitrogens is 3. The number of hydrogen-bond acceptors (Lipinski definition) is 10. The van der Waals surface area contributed by atoms with Crippen LogP contribution in [0.4, 0.5) is 23.5 Å². The summed E-state index contributed by atoms with van der Waals surface area (Å²) in [7, 11) is -3.93. The zero-order chi connectivity index (χ0) is 34.1. The Balaban J connectivity index is 1.16. The van der Waals surface area contributed by atoms with E-state index in [9.17, 15) is 18.0 Å². The fraction of sp³-hybridized carbons (Fsp3) is 0.343. The summed E-state index contributed by atoms with van der Waals surface area (Å²) >= 11 is 0. The molecule has 2 amide bonds. The predicted octanol–water partition coefficient (Wildman–Crippen LogP) is 5.39. The van der Waals surface area contributed by atoms with Crippen molar-refractivity contribution in [3.05, 3.63) is 95.1 Å². The maximum Gasteiger partial charge on any atom is 0.264 e. The molecule has 0 spiro atoms. The van der Waals surface area contributed by atoms with Gasteiger partial charge in [0.15, 0.2) is 0 Å². The lowest BCUT2D eigenvalue weighted by atomic mass is 9.81. The summed E-state index contributed by atoms with van der Waals surface area (Å²) in [6, 6.07) is 22.1. The van der Waals surface area contributed by atoms with Crippen LogP contribution in [-0.4, -0.2) is 41.7 Å². The number of carbonyl (C=O) groups excluding carboxylic acids is 2. The number of nitrogens with zero attached hydrogens (tertiary/aromatic N) is 3. The molecular formula is C35H42N8O4S. The molecule has 1 aliphatic rings. The second-order valence-corrected chi connectivity index (χ2v) is 13.8. The highest BCUT2D eigenvalue weighted by molar-refractivity contribution is 7.90. The minimum Gasteiger partial charge on any atom is -0.354 e. The van der Waals surface area contributed by atoms with Gasteiger partial charge in [-0.3, -0.25) is 9.59 Å². The molecule has 0 unspecified atom stereocenters. The van der Waals surface area contributed by atoms with E-state index in [1.54, 1.807) is 0 Å². The second-order valence-electron chi connectivity index (χ2n) is 12.1. The Hall–Kier alpha value is -5.04. The van der Waals surface area contributed by atoms with Gasteiger partial charge in [0.2, 0.25) is 29.7 Å². The summed E-state index contributed by atoms with van der Waals surface area (Å²) in [5, 5.41) is 13.0. The predicted molar refractivity (Wildman–Crippen MR) is 187 cm³/mol. The number of carbonyl (C=O) groups is 2. The SMILES string of the molecule is CC(=O)NS(=O)(=O)c1ccc(NC(=O)[C@H]2CC[C@H](CNc3nc(NCc4ccccc4)nc(NCc4cccc(C)c4C)n3)CC2)cc1. The number of benzene rings is 3. The van der Waals surface area contributed by atoms with Gasteiger partial charge in [-0.15, -0.1) is 0 Å². The van der Waals surface area contributed by atoms with Crippen LogP contribution >= 0.6 is 0 Å². The first-order chi connectivity index (χ1) is 23.1. The summed E-state index contributed by atoms with van der Waals surface area (Å²) in [5.41, 5.74) is 5.26. The fourth-order valence-electron chi connectivity index (χ4n) is 5.64. The van der Waals surface area contributed by atoms with Gasteiger partial charge < -0.3 is 21.3 Å². The van der Waals surface area contributed by atoms with Crippen molar-refractivity contribution in [3.63, 3.8) is 0 Å². The molecule has 0 aliphatic heterocycles. The first-order valence-electron chi connectivity index (χ1n) is 16.1. The van der Waals surface area contributed by atoms with Crippen LogP contribution < -0.4 is 26.0 Å². The van der Waals surface area contributed by atoms with Crippen molar-refractivity contribution >= 4 is 45.4 Å². The maximum absolute atomic E-state index is 13.0. The van der Waals surface area contributed by atoms with Crippen LogP contribution in [0.5, 0.6) is 0 Å². The van der Waals surface area contributed by atoms with Crippen molar-refractivity contribution < 1.29 is 18.0 Å². The van der Waals surface area contributed by atoms with Gasteiger partial charge in [-0.05, 0) is 92.0 Å². The van der Waals surface area contributed by atoms with E-state index in [0.717, 1.165) is 38.2 Å². The van der Waals surface area contributed by atoms with Crippen molar-refractivity contribution in [1.29, 1.82) is 0 Å². The Kier molecular flexibility index (Phi) is 11.2. The highest BCUT2D eigenvalue weighted by atomic mass is 32.2. The zero-order valence-electron chi connectivity index (χ0n) is 27.4. The summed E-state index contributed by atoms with van der Waals surface area (Å²) in [6.45, 7) is 7.17. The van der Waals surface area contributed by atoms with Crippen molar-refractivity contribution in [2.24, 2.45) is 11.8 Å². The van der Waals surface area contributed by atoms with E-state index in [4.69, 9.17) is 0 Å². The Bertz CT molecular complexity index is 1830. The van der Waals surface area contributed by atoms with Crippen molar-refractivity contribution in [3.8, 4) is 0 Å². The molecule has 0 radical (unpaired) electrons. The highest BCUT2D eigenvalue weighted by Crippen LogP contribution is 2.30. The zero-order valence-corrected chi connectivity index (χ0v) is 28.2. The molecule has 3 aromatic carbocycles. The highest BCUT2D eigenvalue weighted by Gasteiger charge is 2.27. The van der Waals surface area contributed by atoms with Crippen LogP contribution in [0.1, 0.15) is 54.9 Å². The minimum absolute atomic E-state index is 0.0507. The summed E-state index contributed by atoms with van der Waals surface area (Å²) in [5.74, 6) is 0.869. The number of rotatable bonds is 13. The number of nitrogens with one attached hydrogen (secondary N) is 5. The van der Waals surface area contributed by atoms with E-state index in [1.807, 2.05) is 41.1 Å². The number of anilines is 4. The van der Waals surface area contributed by atoms with Crippen LogP contribution in [-0.2, 0) is 32.7 Å². The summed E-state index contributed by atoms with van der Waals surface area (Å²) < 4.78 is 26.3. The van der Waals surface area contributed by atoms with Crippen LogP contribution in [0, 0.1) is 25.7 Å². The van der Waals surface area contributed by atoms with Crippen LogP contribution in [0.15, 0.2) is 77.7 Å². The third-order valence-corrected chi connectivity index (χ3v) is 10.0. The van der Waals surface area contributed by atoms with Crippen LogP contribution in [0.3, 0.4) is 0 Å². The van der Waals surface area contributed by atoms with Crippen LogP contribution in [0.25, 0.3) is 0 Å². The Morgan fingerprint density at radius 1 is 0.750 bits per heavy atom. The Morgan fingerprint density at radius 3 is 2.02 bits per heavy atom. The van der Waals surface area contributed by atoms with E-state index in [2.05, 4.69) is 62.2 Å². The number of aryl methyl sites for hydroxylation is 1. The van der Waals surface area contributed by atoms with Crippen molar-refractivity contribution in [2.75, 3.05) is 27.8 Å². The lowest BCUT2D eigenvalue weighted by Crippen LogP contribution is -2.29. The van der Waals surface area contributed by atoms with E-state index in [-0.39, 0.29) is 16.7 Å². The second kappa shape index (κ2) is 15.7. The van der Waals surface area contributed by atoms with Gasteiger partial charge in [-0.1, -0.05) is 48.5 Å². The van der Waals surface area contributed by atoms with Gasteiger partial charge in [0.25, 0.3) is 10.0 Å². The van der Waals surface area contributed by atoms with Gasteiger partial charge in [0.1, 0.15) is 0 Å². The molecule has 0 saturated heterocycles. The largest absolute Gasteiger partial charge is 0.354 e. The first-order valence-corrected chi connectivity index (χ1v) is 17.5. The molecule has 1 aromatic heterocycles. The molecule has 0 atom stereocenters. The fourth-order valence-corrected chi connectivity index (χ4v) is 6.63. The first kappa shape index (κ1) is 34.3. The molecule has 12 nitrogen and oxygen atoms in total. The van der Waals surface area contributed by atoms with E-state index < -0.39 is 15.9 Å². The smallest absolute Gasteiger partial charge is 0.264 e.